The third-order valence-corrected chi connectivity index (χ3v) is 3.79. The van der Waals surface area contributed by atoms with E-state index in [-0.39, 0.29) is 11.3 Å². The van der Waals surface area contributed by atoms with Gasteiger partial charge in [0, 0.05) is 15.9 Å². The number of carbonyl (C=O) groups excluding carboxylic acids is 1. The lowest BCUT2D eigenvalue weighted by Gasteiger charge is -2.05. The molecule has 0 heterocycles. The number of nitrogens with zero attached hydrogens (tertiary/aromatic N) is 2. The molecule has 0 aliphatic carbocycles. The van der Waals surface area contributed by atoms with Crippen molar-refractivity contribution in [3.63, 3.8) is 0 Å². The molecular formula is C15H10N2O4S. The number of benzene rings is 2. The van der Waals surface area contributed by atoms with Crippen LogP contribution in [0.25, 0.3) is 0 Å². The highest BCUT2D eigenvalue weighted by Gasteiger charge is 2.21. The number of esters is 1. The van der Waals surface area contributed by atoms with Crippen molar-refractivity contribution in [2.75, 3.05) is 7.11 Å². The van der Waals surface area contributed by atoms with Crippen LogP contribution in [0.4, 0.5) is 5.69 Å². The first-order valence-corrected chi connectivity index (χ1v) is 6.91. The van der Waals surface area contributed by atoms with E-state index in [4.69, 9.17) is 5.26 Å². The minimum absolute atomic E-state index is 0.0915. The Kier molecular flexibility index (Phi) is 4.76. The molecule has 2 aromatic carbocycles. The van der Waals surface area contributed by atoms with Gasteiger partial charge < -0.3 is 4.74 Å². The Labute approximate surface area is 130 Å². The van der Waals surface area contributed by atoms with Gasteiger partial charge in [-0.2, -0.15) is 5.26 Å². The van der Waals surface area contributed by atoms with Gasteiger partial charge in [0.2, 0.25) is 0 Å². The number of nitro groups is 1. The summed E-state index contributed by atoms with van der Waals surface area (Å²) < 4.78 is 4.57. The fraction of sp³-hybridized carbons (Fsp3) is 0.0667. The van der Waals surface area contributed by atoms with Gasteiger partial charge in [-0.05, 0) is 36.4 Å². The molecule has 0 N–H and O–H groups in total. The molecule has 0 saturated carbocycles. The number of carbonyl (C=O) groups is 1. The fourth-order valence-corrected chi connectivity index (χ4v) is 2.60. The summed E-state index contributed by atoms with van der Waals surface area (Å²) in [6.07, 6.45) is 0. The van der Waals surface area contributed by atoms with E-state index < -0.39 is 10.9 Å². The average Bonchev–Trinajstić information content (AvgIpc) is 2.54. The van der Waals surface area contributed by atoms with Crippen LogP contribution in [0, 0.1) is 21.4 Å². The minimum atomic E-state index is -0.756. The first kappa shape index (κ1) is 15.5. The van der Waals surface area contributed by atoms with Gasteiger partial charge in [0.15, 0.2) is 0 Å². The van der Waals surface area contributed by atoms with Gasteiger partial charge in [-0.15, -0.1) is 0 Å². The molecule has 0 fully saturated rings. The standard InChI is InChI=1S/C15H10N2O4S/c1-21-15(18)13-8-12(6-7-14(13)17(19)20)22-11-4-2-10(9-16)3-5-11/h2-8H,1H3. The molecule has 0 spiro atoms. The second-order valence-electron chi connectivity index (χ2n) is 4.17. The molecule has 110 valence electrons. The summed E-state index contributed by atoms with van der Waals surface area (Å²) in [6.45, 7) is 0. The molecule has 0 aromatic heterocycles. The van der Waals surface area contributed by atoms with E-state index in [9.17, 15) is 14.9 Å². The van der Waals surface area contributed by atoms with E-state index in [1.165, 1.54) is 31.0 Å². The molecule has 0 atom stereocenters. The Hall–Kier alpha value is -2.85. The van der Waals surface area contributed by atoms with Crippen molar-refractivity contribution in [3.05, 3.63) is 63.7 Å². The summed E-state index contributed by atoms with van der Waals surface area (Å²) >= 11 is 1.33. The topological polar surface area (TPSA) is 93.2 Å². The SMILES string of the molecule is COC(=O)c1cc(Sc2ccc(C#N)cc2)ccc1[N+](=O)[O-]. The lowest BCUT2D eigenvalue weighted by atomic mass is 10.2. The summed E-state index contributed by atoms with van der Waals surface area (Å²) in [6, 6.07) is 13.2. The van der Waals surface area contributed by atoms with Crippen molar-refractivity contribution in [2.45, 2.75) is 9.79 Å². The number of ether oxygens (including phenoxy) is 1. The number of nitriles is 1. The molecule has 0 radical (unpaired) electrons. The van der Waals surface area contributed by atoms with E-state index in [1.54, 1.807) is 30.3 Å². The van der Waals surface area contributed by atoms with Gasteiger partial charge in [-0.3, -0.25) is 10.1 Å². The number of methoxy groups -OCH3 is 1. The maximum absolute atomic E-state index is 11.7. The second-order valence-corrected chi connectivity index (χ2v) is 5.31. The van der Waals surface area contributed by atoms with Crippen molar-refractivity contribution in [1.29, 1.82) is 5.26 Å². The molecule has 0 bridgehead atoms. The Morgan fingerprint density at radius 1 is 1.23 bits per heavy atom. The van der Waals surface area contributed by atoms with E-state index >= 15 is 0 Å². The smallest absolute Gasteiger partial charge is 0.344 e. The third kappa shape index (κ3) is 3.42. The van der Waals surface area contributed by atoms with Crippen molar-refractivity contribution >= 4 is 23.4 Å². The lowest BCUT2D eigenvalue weighted by Crippen LogP contribution is -2.05. The monoisotopic (exact) mass is 314 g/mol. The van der Waals surface area contributed by atoms with Crippen LogP contribution in [0.15, 0.2) is 52.3 Å². The van der Waals surface area contributed by atoms with Crippen LogP contribution in [0.1, 0.15) is 15.9 Å². The first-order valence-electron chi connectivity index (χ1n) is 6.10. The second kappa shape index (κ2) is 6.74. The van der Waals surface area contributed by atoms with Gasteiger partial charge >= 0.3 is 5.97 Å². The van der Waals surface area contributed by atoms with Gasteiger partial charge in [0.05, 0.1) is 23.7 Å². The number of nitro benzene ring substituents is 1. The summed E-state index contributed by atoms with van der Waals surface area (Å²) in [7, 11) is 1.17. The Morgan fingerprint density at radius 3 is 2.41 bits per heavy atom. The number of hydrogen-bond acceptors (Lipinski definition) is 6. The maximum atomic E-state index is 11.7. The lowest BCUT2D eigenvalue weighted by molar-refractivity contribution is -0.385. The number of hydrogen-bond donors (Lipinski definition) is 0. The molecule has 22 heavy (non-hydrogen) atoms. The molecular weight excluding hydrogens is 304 g/mol. The third-order valence-electron chi connectivity index (χ3n) is 2.79. The molecule has 0 unspecified atom stereocenters. The van der Waals surface area contributed by atoms with Crippen LogP contribution < -0.4 is 0 Å². The molecule has 2 rings (SSSR count). The molecule has 7 heteroatoms. The van der Waals surface area contributed by atoms with Crippen molar-refractivity contribution in [3.8, 4) is 6.07 Å². The summed E-state index contributed by atoms with van der Waals surface area (Å²) in [4.78, 5) is 23.5. The molecule has 6 nitrogen and oxygen atoms in total. The van der Waals surface area contributed by atoms with Crippen LogP contribution in [0.3, 0.4) is 0 Å². The molecule has 2 aromatic rings. The molecule has 0 aliphatic rings. The van der Waals surface area contributed by atoms with Crippen LogP contribution in [0.5, 0.6) is 0 Å². The van der Waals surface area contributed by atoms with Crippen LogP contribution in [-0.2, 0) is 4.74 Å². The Bertz CT molecular complexity index is 766. The quantitative estimate of drug-likeness (QED) is 0.488. The largest absolute Gasteiger partial charge is 0.465 e. The molecule has 0 saturated heterocycles. The van der Waals surface area contributed by atoms with Gasteiger partial charge in [-0.1, -0.05) is 11.8 Å². The van der Waals surface area contributed by atoms with E-state index in [1.807, 2.05) is 6.07 Å². The van der Waals surface area contributed by atoms with Crippen LogP contribution in [0.2, 0.25) is 0 Å². The zero-order valence-corrected chi connectivity index (χ0v) is 12.3. The summed E-state index contributed by atoms with van der Waals surface area (Å²) in [5.74, 6) is -0.756. The van der Waals surface area contributed by atoms with Gasteiger partial charge in [0.1, 0.15) is 5.56 Å². The Morgan fingerprint density at radius 2 is 1.86 bits per heavy atom. The first-order chi connectivity index (χ1) is 10.5. The highest BCUT2D eigenvalue weighted by Crippen LogP contribution is 2.31. The highest BCUT2D eigenvalue weighted by atomic mass is 32.2. The van der Waals surface area contributed by atoms with Crippen LogP contribution in [-0.4, -0.2) is 18.0 Å². The summed E-state index contributed by atoms with van der Waals surface area (Å²) in [5, 5.41) is 19.7. The zero-order valence-electron chi connectivity index (χ0n) is 11.5. The predicted molar refractivity (Wildman–Crippen MR) is 79.7 cm³/mol. The van der Waals surface area contributed by atoms with Crippen molar-refractivity contribution in [1.82, 2.24) is 0 Å². The van der Waals surface area contributed by atoms with Gasteiger partial charge in [-0.25, -0.2) is 4.79 Å². The predicted octanol–water partition coefficient (Wildman–Crippen LogP) is 3.40. The Balaban J connectivity index is 2.33. The molecule has 0 aliphatic heterocycles. The molecule has 0 amide bonds. The van der Waals surface area contributed by atoms with E-state index in [0.717, 1.165) is 4.90 Å². The summed E-state index contributed by atoms with van der Waals surface area (Å²) in [5.41, 5.74) is 0.158. The maximum Gasteiger partial charge on any atom is 0.344 e. The van der Waals surface area contributed by atoms with Crippen LogP contribution >= 0.6 is 11.8 Å². The van der Waals surface area contributed by atoms with Crippen molar-refractivity contribution in [2.24, 2.45) is 0 Å². The fourth-order valence-electron chi connectivity index (χ4n) is 1.74. The zero-order chi connectivity index (χ0) is 16.1. The van der Waals surface area contributed by atoms with E-state index in [2.05, 4.69) is 4.74 Å². The normalized spacial score (nSPS) is 9.82. The number of rotatable bonds is 4. The van der Waals surface area contributed by atoms with E-state index in [0.29, 0.717) is 10.5 Å². The average molecular weight is 314 g/mol. The van der Waals surface area contributed by atoms with Crippen molar-refractivity contribution < 1.29 is 14.5 Å². The minimum Gasteiger partial charge on any atom is -0.465 e. The highest BCUT2D eigenvalue weighted by molar-refractivity contribution is 7.99. The van der Waals surface area contributed by atoms with Gasteiger partial charge in [0.25, 0.3) is 5.69 Å².